The molecule has 0 N–H and O–H groups in total. The molecule has 1 nitrogen and oxygen atoms in total. The van der Waals surface area contributed by atoms with E-state index in [0.717, 1.165) is 6.54 Å². The first-order chi connectivity index (χ1) is 8.29. The molecule has 1 aromatic carbocycles. The molecular formula is C16H16N+. The average Bonchev–Trinajstić information content (AvgIpc) is 2.71. The molecule has 0 fully saturated rings. The third-order valence-corrected chi connectivity index (χ3v) is 4.53. The maximum Gasteiger partial charge on any atom is 0.191 e. The van der Waals surface area contributed by atoms with Crippen molar-refractivity contribution in [3.63, 3.8) is 0 Å². The molecule has 0 spiro atoms. The second-order valence-electron chi connectivity index (χ2n) is 5.50. The van der Waals surface area contributed by atoms with Crippen molar-refractivity contribution in [2.45, 2.75) is 31.7 Å². The summed E-state index contributed by atoms with van der Waals surface area (Å²) in [5, 5.41) is 0. The Bertz CT molecular complexity index is 615. The van der Waals surface area contributed by atoms with Crippen molar-refractivity contribution < 1.29 is 4.57 Å². The first-order valence-corrected chi connectivity index (χ1v) is 6.39. The van der Waals surface area contributed by atoms with E-state index in [0.29, 0.717) is 0 Å². The van der Waals surface area contributed by atoms with Crippen molar-refractivity contribution in [2.24, 2.45) is 0 Å². The molecule has 2 aromatic rings. The number of pyridine rings is 1. The van der Waals surface area contributed by atoms with Crippen LogP contribution in [0.25, 0.3) is 0 Å². The van der Waals surface area contributed by atoms with Crippen LogP contribution in [0, 0.1) is 0 Å². The summed E-state index contributed by atoms with van der Waals surface area (Å²) < 4.78 is 2.41. The highest BCUT2D eigenvalue weighted by molar-refractivity contribution is 5.49. The van der Waals surface area contributed by atoms with Gasteiger partial charge in [-0.2, -0.15) is 4.57 Å². The van der Waals surface area contributed by atoms with E-state index >= 15 is 0 Å². The summed E-state index contributed by atoms with van der Waals surface area (Å²) in [7, 11) is 0. The van der Waals surface area contributed by atoms with E-state index in [1.165, 1.54) is 24.1 Å². The normalized spacial score (nSPS) is 24.3. The lowest BCUT2D eigenvalue weighted by Gasteiger charge is -2.29. The van der Waals surface area contributed by atoms with Gasteiger partial charge in [0.25, 0.3) is 0 Å². The fourth-order valence-corrected chi connectivity index (χ4v) is 3.77. The quantitative estimate of drug-likeness (QED) is 0.603. The lowest BCUT2D eigenvalue weighted by molar-refractivity contribution is -0.701. The van der Waals surface area contributed by atoms with Crippen molar-refractivity contribution in [3.05, 3.63) is 65.0 Å². The number of benzene rings is 1. The molecule has 1 heteroatoms. The first-order valence-electron chi connectivity index (χ1n) is 6.39. The van der Waals surface area contributed by atoms with E-state index in [9.17, 15) is 0 Å². The molecule has 0 saturated carbocycles. The highest BCUT2D eigenvalue weighted by Crippen LogP contribution is 2.46. The number of nitrogens with zero attached hydrogens (tertiary/aromatic N) is 1. The Morgan fingerprint density at radius 3 is 2.88 bits per heavy atom. The number of fused-ring (bicyclic) bond motifs is 2. The number of aryl methyl sites for hydroxylation is 1. The maximum atomic E-state index is 2.41. The van der Waals surface area contributed by atoms with Crippen molar-refractivity contribution in [3.8, 4) is 0 Å². The van der Waals surface area contributed by atoms with Crippen LogP contribution < -0.4 is 4.57 Å². The minimum atomic E-state index is 0.242. The van der Waals surface area contributed by atoms with Gasteiger partial charge >= 0.3 is 0 Å². The van der Waals surface area contributed by atoms with Gasteiger partial charge in [0.05, 0.1) is 5.41 Å². The van der Waals surface area contributed by atoms with E-state index in [1.807, 2.05) is 0 Å². The summed E-state index contributed by atoms with van der Waals surface area (Å²) in [5.74, 6) is 0. The lowest BCUT2D eigenvalue weighted by atomic mass is 9.76. The summed E-state index contributed by atoms with van der Waals surface area (Å²) in [6, 6.07) is 13.4. The van der Waals surface area contributed by atoms with Crippen LogP contribution in [0.2, 0.25) is 0 Å². The number of rotatable bonds is 0. The third-order valence-electron chi connectivity index (χ3n) is 4.53. The van der Waals surface area contributed by atoms with E-state index in [2.05, 4.69) is 54.1 Å². The van der Waals surface area contributed by atoms with Gasteiger partial charge < -0.3 is 0 Å². The van der Waals surface area contributed by atoms with Gasteiger partial charge in [-0.05, 0) is 30.9 Å². The molecule has 1 aromatic heterocycles. The molecular weight excluding hydrogens is 206 g/mol. The minimum absolute atomic E-state index is 0.242. The number of hydrogen-bond donors (Lipinski definition) is 0. The molecule has 0 radical (unpaired) electrons. The highest BCUT2D eigenvalue weighted by atomic mass is 15.0. The molecule has 0 amide bonds. The predicted octanol–water partition coefficient (Wildman–Crippen LogP) is 2.59. The van der Waals surface area contributed by atoms with Crippen LogP contribution in [0.3, 0.4) is 0 Å². The first kappa shape index (κ1) is 9.41. The van der Waals surface area contributed by atoms with Crippen LogP contribution in [0.1, 0.15) is 35.7 Å². The number of aromatic nitrogens is 1. The third kappa shape index (κ3) is 1.07. The minimum Gasteiger partial charge on any atom is -0.197 e. The summed E-state index contributed by atoms with van der Waals surface area (Å²) in [4.78, 5) is 0. The van der Waals surface area contributed by atoms with E-state index < -0.39 is 0 Å². The van der Waals surface area contributed by atoms with E-state index in [-0.39, 0.29) is 5.41 Å². The molecule has 2 heterocycles. The van der Waals surface area contributed by atoms with Crippen LogP contribution in [-0.4, -0.2) is 0 Å². The molecule has 4 rings (SSSR count). The Hall–Kier alpha value is -1.63. The van der Waals surface area contributed by atoms with Gasteiger partial charge in [0.15, 0.2) is 18.4 Å². The van der Waals surface area contributed by atoms with Gasteiger partial charge in [-0.15, -0.1) is 0 Å². The van der Waals surface area contributed by atoms with Crippen molar-refractivity contribution >= 4 is 0 Å². The van der Waals surface area contributed by atoms with Gasteiger partial charge in [0, 0.05) is 17.7 Å². The van der Waals surface area contributed by atoms with E-state index in [1.54, 1.807) is 11.1 Å². The van der Waals surface area contributed by atoms with Crippen LogP contribution >= 0.6 is 0 Å². The molecule has 0 saturated heterocycles. The lowest BCUT2D eigenvalue weighted by Crippen LogP contribution is -2.49. The average molecular weight is 222 g/mol. The molecule has 1 unspecified atom stereocenters. The zero-order chi connectivity index (χ0) is 11.5. The Kier molecular flexibility index (Phi) is 1.65. The largest absolute Gasteiger partial charge is 0.197 e. The molecule has 84 valence electrons. The van der Waals surface area contributed by atoms with Gasteiger partial charge in [0.2, 0.25) is 0 Å². The molecule has 1 aliphatic carbocycles. The van der Waals surface area contributed by atoms with Crippen molar-refractivity contribution in [1.29, 1.82) is 0 Å². The van der Waals surface area contributed by atoms with Gasteiger partial charge in [0.1, 0.15) is 0 Å². The predicted molar refractivity (Wildman–Crippen MR) is 67.0 cm³/mol. The standard InChI is InChI=1S/C16H16N/c1-16-9-8-12-5-4-6-13(15(12)16)11-17-10-3-2-7-14(16)17/h2-7,10H,8-9,11H2,1H3/q+1. The molecule has 1 atom stereocenters. The van der Waals surface area contributed by atoms with Crippen LogP contribution in [0.4, 0.5) is 0 Å². The second kappa shape index (κ2) is 2.98. The SMILES string of the molecule is CC12CCc3cccc(c31)C[n+]1ccccc12. The van der Waals surface area contributed by atoms with Crippen LogP contribution in [0.15, 0.2) is 42.6 Å². The highest BCUT2D eigenvalue weighted by Gasteiger charge is 2.46. The van der Waals surface area contributed by atoms with Crippen LogP contribution in [-0.2, 0) is 18.4 Å². The fourth-order valence-electron chi connectivity index (χ4n) is 3.77. The Morgan fingerprint density at radius 1 is 1.06 bits per heavy atom. The topological polar surface area (TPSA) is 3.88 Å². The van der Waals surface area contributed by atoms with Crippen molar-refractivity contribution in [2.75, 3.05) is 0 Å². The molecule has 1 aliphatic heterocycles. The maximum absolute atomic E-state index is 2.41. The van der Waals surface area contributed by atoms with Crippen molar-refractivity contribution in [1.82, 2.24) is 0 Å². The zero-order valence-electron chi connectivity index (χ0n) is 10.1. The van der Waals surface area contributed by atoms with Crippen LogP contribution in [0.5, 0.6) is 0 Å². The summed E-state index contributed by atoms with van der Waals surface area (Å²) in [6.45, 7) is 3.45. The smallest absolute Gasteiger partial charge is 0.191 e. The molecule has 17 heavy (non-hydrogen) atoms. The Labute approximate surface area is 102 Å². The number of hydrogen-bond acceptors (Lipinski definition) is 0. The zero-order valence-corrected chi connectivity index (χ0v) is 10.1. The Morgan fingerprint density at radius 2 is 1.94 bits per heavy atom. The fraction of sp³-hybridized carbons (Fsp3) is 0.312. The summed E-state index contributed by atoms with van der Waals surface area (Å²) in [5.41, 5.74) is 6.43. The molecule has 2 aliphatic rings. The van der Waals surface area contributed by atoms with Gasteiger partial charge in [-0.1, -0.05) is 24.3 Å². The Balaban J connectivity index is 2.08. The monoisotopic (exact) mass is 222 g/mol. The van der Waals surface area contributed by atoms with Gasteiger partial charge in [-0.25, -0.2) is 0 Å². The van der Waals surface area contributed by atoms with E-state index in [4.69, 9.17) is 0 Å². The second-order valence-corrected chi connectivity index (χ2v) is 5.50. The summed E-state index contributed by atoms with van der Waals surface area (Å²) in [6.07, 6.45) is 4.70. The van der Waals surface area contributed by atoms with Gasteiger partial charge in [-0.3, -0.25) is 0 Å². The summed E-state index contributed by atoms with van der Waals surface area (Å²) >= 11 is 0. The molecule has 0 bridgehead atoms.